The number of nitrogens with zero attached hydrogens (tertiary/aromatic N) is 3. The molecule has 1 aromatic heterocycles. The summed E-state index contributed by atoms with van der Waals surface area (Å²) < 4.78 is 25.6. The molecule has 0 amide bonds. The maximum atomic E-state index is 12.1. The first-order chi connectivity index (χ1) is 9.44. The molecule has 1 saturated heterocycles. The van der Waals surface area contributed by atoms with Gasteiger partial charge >= 0.3 is 5.97 Å². The largest absolute Gasteiger partial charge is 0.481 e. The molecule has 0 aliphatic carbocycles. The van der Waals surface area contributed by atoms with E-state index in [1.807, 2.05) is 0 Å². The average molecular weight is 302 g/mol. The van der Waals surface area contributed by atoms with Gasteiger partial charge < -0.3 is 5.11 Å². The van der Waals surface area contributed by atoms with Crippen LogP contribution >= 0.6 is 0 Å². The Morgan fingerprint density at radius 1 is 1.55 bits per heavy atom. The number of aliphatic carboxylic acids is 1. The smallest absolute Gasteiger partial charge is 0.303 e. The number of H-pyrrole nitrogens is 1. The molecule has 1 aliphatic rings. The number of sulfonamides is 1. The number of carboxylic acids is 1. The zero-order chi connectivity index (χ0) is 14.8. The molecule has 1 aromatic rings. The number of aromatic nitrogens is 3. The maximum absolute atomic E-state index is 12.1. The molecule has 0 radical (unpaired) electrons. The van der Waals surface area contributed by atoms with Gasteiger partial charge in [0.25, 0.3) is 0 Å². The van der Waals surface area contributed by atoms with Crippen LogP contribution in [0.3, 0.4) is 0 Å². The predicted molar refractivity (Wildman–Crippen MR) is 70.5 cm³/mol. The van der Waals surface area contributed by atoms with Crippen LogP contribution in [0, 0.1) is 5.92 Å². The van der Waals surface area contributed by atoms with E-state index < -0.39 is 16.0 Å². The van der Waals surface area contributed by atoms with E-state index in [9.17, 15) is 13.2 Å². The molecular formula is C11H18N4O4S. The molecule has 112 valence electrons. The number of nitrogens with one attached hydrogen (secondary N) is 1. The van der Waals surface area contributed by atoms with E-state index in [1.165, 1.54) is 10.5 Å². The van der Waals surface area contributed by atoms with Gasteiger partial charge in [-0.25, -0.2) is 12.7 Å². The molecule has 0 bridgehead atoms. The number of aromatic amines is 1. The van der Waals surface area contributed by atoms with Gasteiger partial charge in [0, 0.05) is 19.0 Å². The molecule has 0 unspecified atom stereocenters. The van der Waals surface area contributed by atoms with Crippen LogP contribution in [0.4, 0.5) is 0 Å². The number of hydrogen-bond donors (Lipinski definition) is 2. The summed E-state index contributed by atoms with van der Waals surface area (Å²) in [5.41, 5.74) is 0.616. The van der Waals surface area contributed by atoms with Crippen molar-refractivity contribution >= 4 is 16.0 Å². The third-order valence-corrected chi connectivity index (χ3v) is 5.52. The first kappa shape index (κ1) is 14.9. The topological polar surface area (TPSA) is 116 Å². The lowest BCUT2D eigenvalue weighted by molar-refractivity contribution is -0.138. The van der Waals surface area contributed by atoms with E-state index in [0.29, 0.717) is 12.1 Å². The fourth-order valence-corrected chi connectivity index (χ4v) is 4.18. The summed E-state index contributed by atoms with van der Waals surface area (Å²) in [5, 5.41) is 19.1. The quantitative estimate of drug-likeness (QED) is 0.766. The summed E-state index contributed by atoms with van der Waals surface area (Å²) in [5.74, 6) is -1.35. The Balaban J connectivity index is 2.20. The minimum Gasteiger partial charge on any atom is -0.481 e. The summed E-state index contributed by atoms with van der Waals surface area (Å²) in [4.78, 5) is 10.9. The van der Waals surface area contributed by atoms with Crippen LogP contribution in [-0.2, 0) is 14.8 Å². The van der Waals surface area contributed by atoms with E-state index in [4.69, 9.17) is 5.11 Å². The Bertz CT molecular complexity index is 557. The zero-order valence-electron chi connectivity index (χ0n) is 11.2. The van der Waals surface area contributed by atoms with E-state index in [-0.39, 0.29) is 37.1 Å². The Hall–Kier alpha value is -1.48. The van der Waals surface area contributed by atoms with Crippen LogP contribution in [0.25, 0.3) is 0 Å². The van der Waals surface area contributed by atoms with Gasteiger partial charge in [-0.1, -0.05) is 6.92 Å². The number of rotatable bonds is 6. The lowest BCUT2D eigenvalue weighted by Gasteiger charge is -2.15. The predicted octanol–water partition coefficient (Wildman–Crippen LogP) is 0.0346. The zero-order valence-corrected chi connectivity index (χ0v) is 12.0. The van der Waals surface area contributed by atoms with Crippen molar-refractivity contribution in [3.8, 4) is 0 Å². The minimum absolute atomic E-state index is 0.0737. The molecule has 0 aromatic carbocycles. The molecule has 2 N–H and O–H groups in total. The third-order valence-electron chi connectivity index (χ3n) is 3.51. The second-order valence-corrected chi connectivity index (χ2v) is 7.08. The third kappa shape index (κ3) is 3.15. The summed E-state index contributed by atoms with van der Waals surface area (Å²) in [6.45, 7) is 2.30. The summed E-state index contributed by atoms with van der Waals surface area (Å²) in [6.07, 6.45) is 1.99. The highest BCUT2D eigenvalue weighted by Crippen LogP contribution is 2.35. The lowest BCUT2D eigenvalue weighted by Crippen LogP contribution is -2.31. The SMILES string of the molecule is CCCS(=O)(=O)N1C[C@H](CC(=O)O)[C@H](c2cn[nH]n2)C1. The molecule has 2 rings (SSSR count). The molecule has 9 heteroatoms. The van der Waals surface area contributed by atoms with Crippen molar-refractivity contribution in [3.05, 3.63) is 11.9 Å². The van der Waals surface area contributed by atoms with Crippen molar-refractivity contribution in [1.29, 1.82) is 0 Å². The van der Waals surface area contributed by atoms with E-state index in [1.54, 1.807) is 6.92 Å². The van der Waals surface area contributed by atoms with Gasteiger partial charge in [-0.05, 0) is 12.3 Å². The van der Waals surface area contributed by atoms with Crippen LogP contribution in [0.15, 0.2) is 6.20 Å². The van der Waals surface area contributed by atoms with Crippen LogP contribution in [0.5, 0.6) is 0 Å². The summed E-state index contributed by atoms with van der Waals surface area (Å²) in [6, 6.07) is 0. The monoisotopic (exact) mass is 302 g/mol. The van der Waals surface area contributed by atoms with Gasteiger partial charge in [-0.2, -0.15) is 15.4 Å². The van der Waals surface area contributed by atoms with Gasteiger partial charge in [0.05, 0.1) is 24.1 Å². The van der Waals surface area contributed by atoms with Crippen LogP contribution in [0.2, 0.25) is 0 Å². The van der Waals surface area contributed by atoms with Crippen molar-refractivity contribution in [2.45, 2.75) is 25.7 Å². The van der Waals surface area contributed by atoms with Crippen LogP contribution in [-0.4, -0.2) is 58.1 Å². The van der Waals surface area contributed by atoms with E-state index in [0.717, 1.165) is 0 Å². The molecule has 0 saturated carbocycles. The number of hydrogen-bond acceptors (Lipinski definition) is 5. The molecule has 0 spiro atoms. The maximum Gasteiger partial charge on any atom is 0.303 e. The van der Waals surface area contributed by atoms with Crippen LogP contribution in [0.1, 0.15) is 31.4 Å². The molecule has 20 heavy (non-hydrogen) atoms. The highest BCUT2D eigenvalue weighted by Gasteiger charge is 2.40. The Morgan fingerprint density at radius 2 is 2.30 bits per heavy atom. The summed E-state index contributed by atoms with van der Waals surface area (Å²) in [7, 11) is -3.32. The van der Waals surface area contributed by atoms with Gasteiger partial charge in [-0.15, -0.1) is 0 Å². The molecule has 8 nitrogen and oxygen atoms in total. The number of carbonyl (C=O) groups is 1. The molecule has 2 heterocycles. The van der Waals surface area contributed by atoms with Crippen molar-refractivity contribution in [3.63, 3.8) is 0 Å². The van der Waals surface area contributed by atoms with Crippen molar-refractivity contribution in [1.82, 2.24) is 19.7 Å². The first-order valence-corrected chi connectivity index (χ1v) is 8.10. The van der Waals surface area contributed by atoms with Gasteiger partial charge in [-0.3, -0.25) is 4.79 Å². The molecule has 1 aliphatic heterocycles. The van der Waals surface area contributed by atoms with Crippen molar-refractivity contribution in [2.24, 2.45) is 5.92 Å². The first-order valence-electron chi connectivity index (χ1n) is 6.49. The second kappa shape index (κ2) is 5.88. The van der Waals surface area contributed by atoms with Crippen LogP contribution < -0.4 is 0 Å². The normalized spacial score (nSPS) is 24.1. The van der Waals surface area contributed by atoms with Crippen molar-refractivity contribution < 1.29 is 18.3 Å². The standard InChI is InChI=1S/C11H18N4O4S/c1-2-3-20(18,19)15-6-8(4-11(16)17)9(7-15)10-5-12-14-13-10/h5,8-9H,2-4,6-7H2,1H3,(H,16,17)(H,12,13,14)/t8-,9+/m0/s1. The highest BCUT2D eigenvalue weighted by atomic mass is 32.2. The average Bonchev–Trinajstić information content (AvgIpc) is 2.96. The Labute approximate surface area is 117 Å². The second-order valence-electron chi connectivity index (χ2n) is 4.99. The molecular weight excluding hydrogens is 284 g/mol. The van der Waals surface area contributed by atoms with Crippen molar-refractivity contribution in [2.75, 3.05) is 18.8 Å². The fourth-order valence-electron chi connectivity index (χ4n) is 2.60. The summed E-state index contributed by atoms with van der Waals surface area (Å²) >= 11 is 0. The lowest BCUT2D eigenvalue weighted by atomic mass is 9.91. The number of carboxylic acid groups (broad SMARTS) is 1. The highest BCUT2D eigenvalue weighted by molar-refractivity contribution is 7.89. The fraction of sp³-hybridized carbons (Fsp3) is 0.727. The van der Waals surface area contributed by atoms with E-state index >= 15 is 0 Å². The minimum atomic E-state index is -3.32. The Morgan fingerprint density at radius 3 is 2.85 bits per heavy atom. The van der Waals surface area contributed by atoms with Gasteiger partial charge in [0.1, 0.15) is 0 Å². The Kier molecular flexibility index (Phi) is 4.39. The van der Waals surface area contributed by atoms with Gasteiger partial charge in [0.15, 0.2) is 0 Å². The molecule has 1 fully saturated rings. The van der Waals surface area contributed by atoms with Gasteiger partial charge in [0.2, 0.25) is 10.0 Å². The molecule has 2 atom stereocenters. The van der Waals surface area contributed by atoms with E-state index in [2.05, 4.69) is 15.4 Å².